The van der Waals surface area contributed by atoms with Gasteiger partial charge in [-0.25, -0.2) is 4.39 Å². The number of nitrogens with zero attached hydrogens (tertiary/aromatic N) is 2. The second-order valence-electron chi connectivity index (χ2n) is 6.47. The molecule has 7 heteroatoms. The van der Waals surface area contributed by atoms with Crippen LogP contribution in [0.5, 0.6) is 0 Å². The Morgan fingerprint density at radius 2 is 2.17 bits per heavy atom. The highest BCUT2D eigenvalue weighted by Crippen LogP contribution is 2.38. The number of ether oxygens (including phenoxy) is 1. The van der Waals surface area contributed by atoms with E-state index < -0.39 is 6.10 Å². The maximum Gasteiger partial charge on any atom is 0.193 e. The molecule has 1 aromatic rings. The highest BCUT2D eigenvalue weighted by Gasteiger charge is 2.42. The van der Waals surface area contributed by atoms with Crippen LogP contribution in [0.1, 0.15) is 24.5 Å². The molecule has 0 bridgehead atoms. The number of benzene rings is 1. The van der Waals surface area contributed by atoms with Gasteiger partial charge in [0.15, 0.2) is 5.96 Å². The molecule has 2 saturated heterocycles. The first-order chi connectivity index (χ1) is 11.1. The zero-order valence-electron chi connectivity index (χ0n) is 13.9. The van der Waals surface area contributed by atoms with Gasteiger partial charge in [0.05, 0.1) is 12.7 Å². The van der Waals surface area contributed by atoms with Crippen LogP contribution >= 0.6 is 24.0 Å². The van der Waals surface area contributed by atoms with Crippen molar-refractivity contribution in [2.45, 2.75) is 18.9 Å². The first-order valence-electron chi connectivity index (χ1n) is 8.09. The van der Waals surface area contributed by atoms with Gasteiger partial charge in [-0.2, -0.15) is 0 Å². The van der Waals surface area contributed by atoms with Crippen molar-refractivity contribution >= 4 is 29.9 Å². The van der Waals surface area contributed by atoms with Gasteiger partial charge in [0.1, 0.15) is 5.82 Å². The lowest BCUT2D eigenvalue weighted by atomic mass is 9.87. The van der Waals surface area contributed by atoms with Gasteiger partial charge in [-0.15, -0.1) is 24.0 Å². The third-order valence-corrected chi connectivity index (χ3v) is 4.84. The number of hydrogen-bond acceptors (Lipinski definition) is 3. The fraction of sp³-hybridized carbons (Fsp3) is 0.588. The standard InChI is InChI=1S/C17H24FN3O2.HI/c1-19-16(21-8-6-17(11-21)7-9-23-12-17)20-10-15(22)13-2-4-14(18)5-3-13;/h2-5,15,22H,6-12H2,1H3,(H,19,20);1H. The quantitative estimate of drug-likeness (QED) is 0.422. The van der Waals surface area contributed by atoms with E-state index in [1.165, 1.54) is 12.1 Å². The zero-order valence-corrected chi connectivity index (χ0v) is 16.2. The second-order valence-corrected chi connectivity index (χ2v) is 6.47. The van der Waals surface area contributed by atoms with Crippen molar-refractivity contribution in [1.29, 1.82) is 0 Å². The summed E-state index contributed by atoms with van der Waals surface area (Å²) in [7, 11) is 1.75. The summed E-state index contributed by atoms with van der Waals surface area (Å²) in [5.74, 6) is 0.501. The minimum Gasteiger partial charge on any atom is -0.387 e. The molecule has 0 aromatic heterocycles. The maximum atomic E-state index is 12.9. The molecule has 0 saturated carbocycles. The predicted molar refractivity (Wildman–Crippen MR) is 102 cm³/mol. The number of aliphatic hydroxyl groups excluding tert-OH is 1. The molecular weight excluding hydrogens is 424 g/mol. The molecule has 134 valence electrons. The zero-order chi connectivity index (χ0) is 16.3. The molecule has 0 aliphatic carbocycles. The summed E-state index contributed by atoms with van der Waals surface area (Å²) in [5, 5.41) is 13.4. The minimum absolute atomic E-state index is 0. The Balaban J connectivity index is 0.00000208. The van der Waals surface area contributed by atoms with Crippen molar-refractivity contribution in [3.63, 3.8) is 0 Å². The average Bonchev–Trinajstić information content (AvgIpc) is 3.19. The van der Waals surface area contributed by atoms with E-state index in [-0.39, 0.29) is 35.2 Å². The maximum absolute atomic E-state index is 12.9. The van der Waals surface area contributed by atoms with E-state index in [9.17, 15) is 9.50 Å². The minimum atomic E-state index is -0.696. The monoisotopic (exact) mass is 449 g/mol. The summed E-state index contributed by atoms with van der Waals surface area (Å²) in [6, 6.07) is 5.92. The number of halogens is 2. The molecule has 5 nitrogen and oxygen atoms in total. The molecular formula is C17H25FIN3O2. The lowest BCUT2D eigenvalue weighted by Gasteiger charge is -2.25. The Bertz CT molecular complexity index is 561. The molecule has 3 rings (SSSR count). The van der Waals surface area contributed by atoms with E-state index in [0.717, 1.165) is 45.1 Å². The van der Waals surface area contributed by atoms with Gasteiger partial charge in [0, 0.05) is 38.7 Å². The first-order valence-corrected chi connectivity index (χ1v) is 8.09. The van der Waals surface area contributed by atoms with E-state index in [1.807, 2.05) is 0 Å². The van der Waals surface area contributed by atoms with Crippen LogP contribution < -0.4 is 5.32 Å². The largest absolute Gasteiger partial charge is 0.387 e. The van der Waals surface area contributed by atoms with Crippen LogP contribution in [0.3, 0.4) is 0 Å². The SMILES string of the molecule is CN=C(NCC(O)c1ccc(F)cc1)N1CCC2(CCOC2)C1.I. The van der Waals surface area contributed by atoms with Crippen LogP contribution in [0.2, 0.25) is 0 Å². The van der Waals surface area contributed by atoms with E-state index in [1.54, 1.807) is 19.2 Å². The van der Waals surface area contributed by atoms with Crippen LogP contribution in [-0.4, -0.2) is 55.9 Å². The van der Waals surface area contributed by atoms with Crippen molar-refractivity contribution < 1.29 is 14.2 Å². The summed E-state index contributed by atoms with van der Waals surface area (Å²) in [6.45, 7) is 3.93. The molecule has 2 fully saturated rings. The summed E-state index contributed by atoms with van der Waals surface area (Å²) in [4.78, 5) is 6.55. The van der Waals surface area contributed by atoms with Gasteiger partial charge in [0.2, 0.25) is 0 Å². The van der Waals surface area contributed by atoms with Crippen molar-refractivity contribution in [2.75, 3.05) is 39.9 Å². The van der Waals surface area contributed by atoms with Crippen molar-refractivity contribution in [3.8, 4) is 0 Å². The van der Waals surface area contributed by atoms with Gasteiger partial charge in [-0.1, -0.05) is 12.1 Å². The Hall–Kier alpha value is -0.930. The van der Waals surface area contributed by atoms with Crippen molar-refractivity contribution in [3.05, 3.63) is 35.6 Å². The lowest BCUT2D eigenvalue weighted by Crippen LogP contribution is -2.42. The summed E-state index contributed by atoms with van der Waals surface area (Å²) in [5.41, 5.74) is 0.962. The molecule has 2 unspecified atom stereocenters. The average molecular weight is 449 g/mol. The van der Waals surface area contributed by atoms with E-state index in [0.29, 0.717) is 12.1 Å². The number of likely N-dealkylation sites (tertiary alicyclic amines) is 1. The van der Waals surface area contributed by atoms with Crippen molar-refractivity contribution in [1.82, 2.24) is 10.2 Å². The number of aliphatic hydroxyl groups is 1. The Kier molecular flexibility index (Phi) is 6.82. The number of nitrogens with one attached hydrogen (secondary N) is 1. The van der Waals surface area contributed by atoms with Gasteiger partial charge >= 0.3 is 0 Å². The topological polar surface area (TPSA) is 57.1 Å². The Morgan fingerprint density at radius 3 is 2.79 bits per heavy atom. The van der Waals surface area contributed by atoms with Crippen LogP contribution in [0.4, 0.5) is 4.39 Å². The lowest BCUT2D eigenvalue weighted by molar-refractivity contribution is 0.156. The third kappa shape index (κ3) is 4.37. The first kappa shape index (κ1) is 19.4. The molecule has 0 radical (unpaired) electrons. The van der Waals surface area contributed by atoms with Crippen molar-refractivity contribution in [2.24, 2.45) is 10.4 Å². The molecule has 1 aromatic carbocycles. The van der Waals surface area contributed by atoms with Gasteiger partial charge < -0.3 is 20.1 Å². The third-order valence-electron chi connectivity index (χ3n) is 4.84. The van der Waals surface area contributed by atoms with Gasteiger partial charge in [0.25, 0.3) is 0 Å². The molecule has 2 heterocycles. The normalized spacial score (nSPS) is 25.0. The number of hydrogen-bond donors (Lipinski definition) is 2. The molecule has 2 N–H and O–H groups in total. The molecule has 2 atom stereocenters. The highest BCUT2D eigenvalue weighted by molar-refractivity contribution is 14.0. The van der Waals surface area contributed by atoms with Crippen LogP contribution in [0, 0.1) is 11.2 Å². The van der Waals surface area contributed by atoms with E-state index in [2.05, 4.69) is 15.2 Å². The van der Waals surface area contributed by atoms with E-state index in [4.69, 9.17) is 4.74 Å². The van der Waals surface area contributed by atoms with E-state index >= 15 is 0 Å². The van der Waals surface area contributed by atoms with Gasteiger partial charge in [-0.3, -0.25) is 4.99 Å². The fourth-order valence-corrected chi connectivity index (χ4v) is 3.41. The summed E-state index contributed by atoms with van der Waals surface area (Å²) in [6.07, 6.45) is 1.53. The Labute approximate surface area is 159 Å². The summed E-state index contributed by atoms with van der Waals surface area (Å²) < 4.78 is 18.5. The number of aliphatic imine (C=N–C) groups is 1. The highest BCUT2D eigenvalue weighted by atomic mass is 127. The second kappa shape index (κ2) is 8.44. The molecule has 0 amide bonds. The van der Waals surface area contributed by atoms with Crippen LogP contribution in [0.15, 0.2) is 29.3 Å². The fourth-order valence-electron chi connectivity index (χ4n) is 3.41. The molecule has 1 spiro atoms. The molecule has 2 aliphatic rings. The Morgan fingerprint density at radius 1 is 1.42 bits per heavy atom. The number of guanidine groups is 1. The van der Waals surface area contributed by atoms with Crippen LogP contribution in [0.25, 0.3) is 0 Å². The molecule has 24 heavy (non-hydrogen) atoms. The van der Waals surface area contributed by atoms with Gasteiger partial charge in [-0.05, 0) is 30.5 Å². The van der Waals surface area contributed by atoms with Crippen LogP contribution in [-0.2, 0) is 4.74 Å². The predicted octanol–water partition coefficient (Wildman–Crippen LogP) is 2.16. The smallest absolute Gasteiger partial charge is 0.193 e. The molecule has 2 aliphatic heterocycles. The summed E-state index contributed by atoms with van der Waals surface area (Å²) >= 11 is 0. The number of rotatable bonds is 3.